The van der Waals surface area contributed by atoms with Gasteiger partial charge >= 0.3 is 5.97 Å². The molecule has 1 saturated heterocycles. The molecule has 3 nitrogen and oxygen atoms in total. The minimum absolute atomic E-state index is 0.0375. The molecule has 1 aliphatic rings. The van der Waals surface area contributed by atoms with Crippen LogP contribution in [0.5, 0.6) is 0 Å². The number of piperidine rings is 1. The summed E-state index contributed by atoms with van der Waals surface area (Å²) < 4.78 is 12.3. The fourth-order valence-electron chi connectivity index (χ4n) is 1.73. The lowest BCUT2D eigenvalue weighted by Gasteiger charge is -2.33. The van der Waals surface area contributed by atoms with Crippen molar-refractivity contribution in [1.29, 1.82) is 0 Å². The Balaban J connectivity index is 2.46. The summed E-state index contributed by atoms with van der Waals surface area (Å²) in [7, 11) is 0. The second kappa shape index (κ2) is 4.56. The van der Waals surface area contributed by atoms with E-state index in [9.17, 15) is 9.18 Å². The molecular formula is C9H16FNO2. The first-order valence-corrected chi connectivity index (χ1v) is 4.68. The van der Waals surface area contributed by atoms with Crippen molar-refractivity contribution in [2.45, 2.75) is 25.8 Å². The van der Waals surface area contributed by atoms with E-state index in [4.69, 9.17) is 5.11 Å². The number of nitrogens with zero attached hydrogens (tertiary/aromatic N) is 1. The third kappa shape index (κ3) is 2.66. The van der Waals surface area contributed by atoms with Crippen molar-refractivity contribution in [1.82, 2.24) is 4.90 Å². The van der Waals surface area contributed by atoms with Gasteiger partial charge in [-0.25, -0.2) is 0 Å². The normalized spacial score (nSPS) is 27.1. The van der Waals surface area contributed by atoms with Crippen molar-refractivity contribution >= 4 is 5.97 Å². The summed E-state index contributed by atoms with van der Waals surface area (Å²) in [6.45, 7) is 2.69. The van der Waals surface area contributed by atoms with E-state index in [1.54, 1.807) is 6.92 Å². The average molecular weight is 189 g/mol. The summed E-state index contributed by atoms with van der Waals surface area (Å²) in [6, 6.07) is -0.477. The minimum atomic E-state index is -0.820. The Bertz CT molecular complexity index is 186. The topological polar surface area (TPSA) is 40.5 Å². The van der Waals surface area contributed by atoms with E-state index in [0.717, 1.165) is 19.4 Å². The number of alkyl halides is 1. The summed E-state index contributed by atoms with van der Waals surface area (Å²) in [5.74, 6) is -0.782. The summed E-state index contributed by atoms with van der Waals surface area (Å²) in [4.78, 5) is 12.5. The maximum Gasteiger partial charge on any atom is 0.320 e. The van der Waals surface area contributed by atoms with Gasteiger partial charge in [-0.05, 0) is 26.3 Å². The van der Waals surface area contributed by atoms with Gasteiger partial charge in [0.05, 0.1) is 6.67 Å². The van der Waals surface area contributed by atoms with Crippen molar-refractivity contribution in [3.05, 3.63) is 0 Å². The van der Waals surface area contributed by atoms with E-state index in [1.807, 2.05) is 4.90 Å². The van der Waals surface area contributed by atoms with E-state index in [2.05, 4.69) is 0 Å². The molecule has 76 valence electrons. The first kappa shape index (κ1) is 10.4. The van der Waals surface area contributed by atoms with Crippen LogP contribution in [0.3, 0.4) is 0 Å². The standard InChI is InChI=1S/C9H16FNO2/c1-7(9(12)13)11-4-2-3-8(5-10)6-11/h7-8H,2-6H2,1H3,(H,12,13). The smallest absolute Gasteiger partial charge is 0.320 e. The molecule has 0 saturated carbocycles. The van der Waals surface area contributed by atoms with Gasteiger partial charge in [-0.2, -0.15) is 0 Å². The number of aliphatic carboxylic acids is 1. The highest BCUT2D eigenvalue weighted by atomic mass is 19.1. The highest BCUT2D eigenvalue weighted by Crippen LogP contribution is 2.18. The van der Waals surface area contributed by atoms with Gasteiger partial charge in [0.25, 0.3) is 0 Å². The molecular weight excluding hydrogens is 173 g/mol. The molecule has 1 fully saturated rings. The SMILES string of the molecule is CC(C(=O)O)N1CCCC(CF)C1. The lowest BCUT2D eigenvalue weighted by Crippen LogP contribution is -2.45. The molecule has 0 aliphatic carbocycles. The molecule has 0 aromatic heterocycles. The number of hydrogen-bond acceptors (Lipinski definition) is 2. The minimum Gasteiger partial charge on any atom is -0.480 e. The molecule has 0 amide bonds. The zero-order chi connectivity index (χ0) is 9.84. The summed E-state index contributed by atoms with van der Waals surface area (Å²) in [6.07, 6.45) is 1.80. The third-order valence-corrected chi connectivity index (χ3v) is 2.67. The number of carbonyl (C=O) groups is 1. The molecule has 2 atom stereocenters. The van der Waals surface area contributed by atoms with Crippen molar-refractivity contribution in [2.24, 2.45) is 5.92 Å². The summed E-state index contributed by atoms with van der Waals surface area (Å²) in [5, 5.41) is 8.76. The van der Waals surface area contributed by atoms with Crippen molar-refractivity contribution in [3.63, 3.8) is 0 Å². The van der Waals surface area contributed by atoms with Crippen molar-refractivity contribution in [2.75, 3.05) is 19.8 Å². The van der Waals surface area contributed by atoms with E-state index in [1.165, 1.54) is 0 Å². The van der Waals surface area contributed by atoms with E-state index in [-0.39, 0.29) is 12.6 Å². The van der Waals surface area contributed by atoms with Gasteiger partial charge < -0.3 is 5.11 Å². The number of hydrogen-bond donors (Lipinski definition) is 1. The Morgan fingerprint density at radius 1 is 1.77 bits per heavy atom. The van der Waals surface area contributed by atoms with Crippen LogP contribution in [0.25, 0.3) is 0 Å². The van der Waals surface area contributed by atoms with Gasteiger partial charge in [0.15, 0.2) is 0 Å². The van der Waals surface area contributed by atoms with Crippen LogP contribution >= 0.6 is 0 Å². The van der Waals surface area contributed by atoms with Crippen LogP contribution in [0.4, 0.5) is 4.39 Å². The molecule has 1 heterocycles. The number of carboxylic acid groups (broad SMARTS) is 1. The summed E-state index contributed by atoms with van der Waals surface area (Å²) in [5.41, 5.74) is 0. The van der Waals surface area contributed by atoms with Crippen LogP contribution < -0.4 is 0 Å². The fraction of sp³-hybridized carbons (Fsp3) is 0.889. The first-order valence-electron chi connectivity index (χ1n) is 4.68. The van der Waals surface area contributed by atoms with E-state index >= 15 is 0 Å². The van der Waals surface area contributed by atoms with Crippen LogP contribution in [-0.4, -0.2) is 41.8 Å². The number of carboxylic acids is 1. The molecule has 0 aromatic rings. The average Bonchev–Trinajstić information content (AvgIpc) is 2.16. The monoisotopic (exact) mass is 189 g/mol. The van der Waals surface area contributed by atoms with Gasteiger partial charge in [0.1, 0.15) is 6.04 Å². The van der Waals surface area contributed by atoms with Crippen molar-refractivity contribution in [3.8, 4) is 0 Å². The molecule has 2 unspecified atom stereocenters. The number of halogens is 1. The maximum absolute atomic E-state index is 12.3. The predicted molar refractivity (Wildman–Crippen MR) is 47.4 cm³/mol. The molecule has 1 aliphatic heterocycles. The van der Waals surface area contributed by atoms with Crippen LogP contribution in [0, 0.1) is 5.92 Å². The highest BCUT2D eigenvalue weighted by molar-refractivity contribution is 5.72. The van der Waals surface area contributed by atoms with Crippen LogP contribution in [0.1, 0.15) is 19.8 Å². The lowest BCUT2D eigenvalue weighted by atomic mass is 9.98. The number of likely N-dealkylation sites (tertiary alicyclic amines) is 1. The maximum atomic E-state index is 12.3. The fourth-order valence-corrected chi connectivity index (χ4v) is 1.73. The second-order valence-corrected chi connectivity index (χ2v) is 3.67. The van der Waals surface area contributed by atoms with E-state index < -0.39 is 12.0 Å². The Hall–Kier alpha value is -0.640. The Morgan fingerprint density at radius 3 is 3.00 bits per heavy atom. The van der Waals surface area contributed by atoms with Gasteiger partial charge in [-0.3, -0.25) is 14.1 Å². The van der Waals surface area contributed by atoms with Crippen molar-refractivity contribution < 1.29 is 14.3 Å². The molecule has 4 heteroatoms. The first-order chi connectivity index (χ1) is 6.15. The van der Waals surface area contributed by atoms with Gasteiger partial charge in [-0.1, -0.05) is 0 Å². The molecule has 1 rings (SSSR count). The molecule has 0 bridgehead atoms. The summed E-state index contributed by atoms with van der Waals surface area (Å²) >= 11 is 0. The Kier molecular flexibility index (Phi) is 3.66. The Morgan fingerprint density at radius 2 is 2.46 bits per heavy atom. The second-order valence-electron chi connectivity index (χ2n) is 3.67. The van der Waals surface area contributed by atoms with Crippen LogP contribution in [0.15, 0.2) is 0 Å². The molecule has 13 heavy (non-hydrogen) atoms. The zero-order valence-electron chi connectivity index (χ0n) is 7.87. The predicted octanol–water partition coefficient (Wildman–Crippen LogP) is 1.14. The number of rotatable bonds is 3. The molecule has 0 aromatic carbocycles. The largest absolute Gasteiger partial charge is 0.480 e. The quantitative estimate of drug-likeness (QED) is 0.723. The third-order valence-electron chi connectivity index (χ3n) is 2.67. The zero-order valence-corrected chi connectivity index (χ0v) is 7.87. The van der Waals surface area contributed by atoms with Crippen LogP contribution in [-0.2, 0) is 4.79 Å². The van der Waals surface area contributed by atoms with Crippen LogP contribution in [0.2, 0.25) is 0 Å². The molecule has 0 radical (unpaired) electrons. The molecule has 1 N–H and O–H groups in total. The Labute approximate surface area is 77.5 Å². The highest BCUT2D eigenvalue weighted by Gasteiger charge is 2.26. The van der Waals surface area contributed by atoms with Gasteiger partial charge in [0.2, 0.25) is 0 Å². The lowest BCUT2D eigenvalue weighted by molar-refractivity contribution is -0.143. The van der Waals surface area contributed by atoms with E-state index in [0.29, 0.717) is 6.54 Å². The van der Waals surface area contributed by atoms with Gasteiger partial charge in [-0.15, -0.1) is 0 Å². The molecule has 0 spiro atoms. The van der Waals surface area contributed by atoms with Gasteiger partial charge in [0, 0.05) is 12.5 Å².